The second-order valence-corrected chi connectivity index (χ2v) is 7.47. The third-order valence-electron chi connectivity index (χ3n) is 4.03. The lowest BCUT2D eigenvalue weighted by molar-refractivity contribution is 0.0994. The molecule has 5 nitrogen and oxygen atoms in total. The second-order valence-electron chi connectivity index (χ2n) is 5.72. The van der Waals surface area contributed by atoms with Gasteiger partial charge in [-0.15, -0.1) is 5.10 Å². The summed E-state index contributed by atoms with van der Waals surface area (Å²) >= 11 is 7.22. The third kappa shape index (κ3) is 3.75. The van der Waals surface area contributed by atoms with Gasteiger partial charge in [-0.3, -0.25) is 4.79 Å². The van der Waals surface area contributed by atoms with Crippen molar-refractivity contribution in [2.24, 2.45) is 0 Å². The molecule has 2 aromatic carbocycles. The molecule has 3 rings (SSSR count). The summed E-state index contributed by atoms with van der Waals surface area (Å²) in [5, 5.41) is 12.8. The van der Waals surface area contributed by atoms with Gasteiger partial charge in [-0.1, -0.05) is 35.5 Å². The van der Waals surface area contributed by atoms with E-state index in [1.165, 1.54) is 11.8 Å². The molecule has 0 bridgehead atoms. The molecular formula is C18H17ClN4OS. The van der Waals surface area contributed by atoms with E-state index in [1.807, 2.05) is 39.0 Å². The van der Waals surface area contributed by atoms with E-state index in [4.69, 9.17) is 11.6 Å². The fourth-order valence-electron chi connectivity index (χ4n) is 2.43. The highest BCUT2D eigenvalue weighted by molar-refractivity contribution is 8.00. The van der Waals surface area contributed by atoms with Crippen LogP contribution in [0, 0.1) is 13.8 Å². The number of hydrogen-bond acceptors (Lipinski definition) is 5. The van der Waals surface area contributed by atoms with Gasteiger partial charge in [0.15, 0.2) is 5.78 Å². The van der Waals surface area contributed by atoms with Crippen molar-refractivity contribution in [3.63, 3.8) is 0 Å². The molecule has 25 heavy (non-hydrogen) atoms. The fraction of sp³-hybridized carbons (Fsp3) is 0.222. The van der Waals surface area contributed by atoms with Crippen LogP contribution in [0.2, 0.25) is 5.02 Å². The minimum absolute atomic E-state index is 0.0113. The number of tetrazole rings is 1. The first kappa shape index (κ1) is 17.6. The van der Waals surface area contributed by atoms with Gasteiger partial charge < -0.3 is 0 Å². The molecule has 0 N–H and O–H groups in total. The fourth-order valence-corrected chi connectivity index (χ4v) is 3.43. The van der Waals surface area contributed by atoms with Gasteiger partial charge in [0.05, 0.1) is 10.9 Å². The summed E-state index contributed by atoms with van der Waals surface area (Å²) in [4.78, 5) is 12.6. The largest absolute Gasteiger partial charge is 0.293 e. The quantitative estimate of drug-likeness (QED) is 0.493. The Balaban J connectivity index is 1.84. The van der Waals surface area contributed by atoms with Crippen molar-refractivity contribution < 1.29 is 4.79 Å². The topological polar surface area (TPSA) is 60.7 Å². The molecule has 1 heterocycles. The first-order valence-electron chi connectivity index (χ1n) is 7.79. The van der Waals surface area contributed by atoms with Crippen LogP contribution in [0.15, 0.2) is 47.6 Å². The molecule has 0 spiro atoms. The molecule has 1 unspecified atom stereocenters. The van der Waals surface area contributed by atoms with Gasteiger partial charge in [-0.25, -0.2) is 0 Å². The molecule has 128 valence electrons. The Morgan fingerprint density at radius 2 is 1.88 bits per heavy atom. The average molecular weight is 373 g/mol. The van der Waals surface area contributed by atoms with E-state index >= 15 is 0 Å². The van der Waals surface area contributed by atoms with Crippen LogP contribution in [0.3, 0.4) is 0 Å². The number of nitrogens with zero attached hydrogens (tertiary/aromatic N) is 4. The van der Waals surface area contributed by atoms with E-state index in [9.17, 15) is 4.79 Å². The number of halogens is 1. The van der Waals surface area contributed by atoms with Gasteiger partial charge in [-0.05, 0) is 72.7 Å². The molecule has 3 aromatic rings. The summed E-state index contributed by atoms with van der Waals surface area (Å²) in [7, 11) is 0. The number of aromatic nitrogens is 4. The summed E-state index contributed by atoms with van der Waals surface area (Å²) < 4.78 is 1.68. The number of aryl methyl sites for hydroxylation is 1. The van der Waals surface area contributed by atoms with Crippen LogP contribution >= 0.6 is 23.4 Å². The SMILES string of the molecule is Cc1cccc(-n2nnnc2SC(C)C(=O)c2ccc(Cl)cc2)c1C. The van der Waals surface area contributed by atoms with Gasteiger partial charge in [0.1, 0.15) is 0 Å². The molecule has 0 aliphatic heterocycles. The van der Waals surface area contributed by atoms with E-state index in [0.717, 1.165) is 16.8 Å². The average Bonchev–Trinajstić information content (AvgIpc) is 3.05. The Morgan fingerprint density at radius 1 is 1.16 bits per heavy atom. The van der Waals surface area contributed by atoms with Crippen LogP contribution < -0.4 is 0 Å². The highest BCUT2D eigenvalue weighted by atomic mass is 35.5. The summed E-state index contributed by atoms with van der Waals surface area (Å²) in [5.41, 5.74) is 3.80. The highest BCUT2D eigenvalue weighted by Crippen LogP contribution is 2.27. The minimum Gasteiger partial charge on any atom is -0.293 e. The van der Waals surface area contributed by atoms with Gasteiger partial charge in [0.25, 0.3) is 0 Å². The van der Waals surface area contributed by atoms with Crippen molar-refractivity contribution in [3.05, 3.63) is 64.2 Å². The Kier molecular flexibility index (Phi) is 5.20. The third-order valence-corrected chi connectivity index (χ3v) is 5.31. The van der Waals surface area contributed by atoms with E-state index in [1.54, 1.807) is 28.9 Å². The van der Waals surface area contributed by atoms with Crippen LogP contribution in [0.5, 0.6) is 0 Å². The van der Waals surface area contributed by atoms with Crippen LogP contribution in [-0.2, 0) is 0 Å². The van der Waals surface area contributed by atoms with Crippen molar-refractivity contribution in [2.45, 2.75) is 31.2 Å². The first-order chi connectivity index (χ1) is 12.0. The lowest BCUT2D eigenvalue weighted by Crippen LogP contribution is -2.15. The molecule has 1 aromatic heterocycles. The molecule has 0 aliphatic rings. The summed E-state index contributed by atoms with van der Waals surface area (Å²) in [5.74, 6) is 0.0113. The first-order valence-corrected chi connectivity index (χ1v) is 9.04. The molecule has 0 saturated heterocycles. The number of rotatable bonds is 5. The van der Waals surface area contributed by atoms with Crippen LogP contribution in [0.25, 0.3) is 5.69 Å². The lowest BCUT2D eigenvalue weighted by Gasteiger charge is -2.12. The van der Waals surface area contributed by atoms with E-state index < -0.39 is 0 Å². The smallest absolute Gasteiger partial charge is 0.214 e. The maximum absolute atomic E-state index is 12.6. The number of hydrogen-bond donors (Lipinski definition) is 0. The number of carbonyl (C=O) groups is 1. The molecule has 7 heteroatoms. The second kappa shape index (κ2) is 7.37. The zero-order chi connectivity index (χ0) is 18.0. The minimum atomic E-state index is -0.323. The maximum atomic E-state index is 12.6. The lowest BCUT2D eigenvalue weighted by atomic mass is 10.1. The molecule has 0 amide bonds. The molecule has 0 radical (unpaired) electrons. The van der Waals surface area contributed by atoms with Gasteiger partial charge in [0, 0.05) is 10.6 Å². The highest BCUT2D eigenvalue weighted by Gasteiger charge is 2.21. The van der Waals surface area contributed by atoms with Crippen molar-refractivity contribution >= 4 is 29.1 Å². The van der Waals surface area contributed by atoms with Crippen molar-refractivity contribution in [1.29, 1.82) is 0 Å². The van der Waals surface area contributed by atoms with Crippen LogP contribution in [-0.4, -0.2) is 31.2 Å². The molecule has 1 atom stereocenters. The zero-order valence-corrected chi connectivity index (χ0v) is 15.7. The molecular weight excluding hydrogens is 356 g/mol. The van der Waals surface area contributed by atoms with Crippen LogP contribution in [0.1, 0.15) is 28.4 Å². The predicted molar refractivity (Wildman–Crippen MR) is 99.7 cm³/mol. The van der Waals surface area contributed by atoms with Gasteiger partial charge >= 0.3 is 0 Å². The van der Waals surface area contributed by atoms with Gasteiger partial charge in [-0.2, -0.15) is 4.68 Å². The molecule has 0 fully saturated rings. The zero-order valence-electron chi connectivity index (χ0n) is 14.1. The van der Waals surface area contributed by atoms with Gasteiger partial charge in [0.2, 0.25) is 5.16 Å². The normalized spacial score (nSPS) is 12.2. The molecule has 0 saturated carbocycles. The van der Waals surface area contributed by atoms with Crippen LogP contribution in [0.4, 0.5) is 0 Å². The van der Waals surface area contributed by atoms with Crippen molar-refractivity contribution in [1.82, 2.24) is 20.2 Å². The maximum Gasteiger partial charge on any atom is 0.214 e. The number of carbonyl (C=O) groups excluding carboxylic acids is 1. The summed E-state index contributed by atoms with van der Waals surface area (Å²) in [6.45, 7) is 5.93. The van der Waals surface area contributed by atoms with E-state index in [0.29, 0.717) is 15.7 Å². The van der Waals surface area contributed by atoms with E-state index in [-0.39, 0.29) is 11.0 Å². The number of thioether (sulfide) groups is 1. The Hall–Kier alpha value is -2.18. The van der Waals surface area contributed by atoms with Crippen molar-refractivity contribution in [3.8, 4) is 5.69 Å². The standard InChI is InChI=1S/C18H17ClN4OS/c1-11-5-4-6-16(12(11)2)23-18(20-21-22-23)25-13(3)17(24)14-7-9-15(19)10-8-14/h4-10,13H,1-3H3. The number of Topliss-reactive ketones (excluding diaryl/α,β-unsaturated/α-hetero) is 1. The Morgan fingerprint density at radius 3 is 2.60 bits per heavy atom. The monoisotopic (exact) mass is 372 g/mol. The number of ketones is 1. The summed E-state index contributed by atoms with van der Waals surface area (Å²) in [6, 6.07) is 12.9. The van der Waals surface area contributed by atoms with Crippen molar-refractivity contribution in [2.75, 3.05) is 0 Å². The Labute approximate surface area is 155 Å². The Bertz CT molecular complexity index is 908. The van der Waals surface area contributed by atoms with E-state index in [2.05, 4.69) is 15.5 Å². The predicted octanol–water partition coefficient (Wildman–Crippen LogP) is 4.30. The molecule has 0 aliphatic carbocycles. The number of benzene rings is 2. The summed E-state index contributed by atoms with van der Waals surface area (Å²) in [6.07, 6.45) is 0.